The van der Waals surface area contributed by atoms with Crippen molar-refractivity contribution in [2.45, 2.75) is 121 Å². The normalized spacial score (nSPS) is 34.7. The number of thiol groups is 1. The van der Waals surface area contributed by atoms with Crippen LogP contribution in [0.4, 0.5) is 0 Å². The molecule has 4 nitrogen and oxygen atoms in total. The van der Waals surface area contributed by atoms with Crippen molar-refractivity contribution in [3.63, 3.8) is 0 Å². The maximum atomic E-state index is 10.6. The first-order valence-corrected chi connectivity index (χ1v) is 11.8. The van der Waals surface area contributed by atoms with Crippen molar-refractivity contribution in [1.29, 1.82) is 0 Å². The van der Waals surface area contributed by atoms with Crippen LogP contribution in [0.25, 0.3) is 0 Å². The Kier molecular flexibility index (Phi) is 7.98. The highest BCUT2D eigenvalue weighted by Gasteiger charge is 2.53. The molecule has 166 valence electrons. The Morgan fingerprint density at radius 2 is 1.75 bits per heavy atom. The zero-order valence-corrected chi connectivity index (χ0v) is 19.5. The third-order valence-corrected chi connectivity index (χ3v) is 8.37. The second kappa shape index (κ2) is 9.13. The molecule has 2 fully saturated rings. The first kappa shape index (κ1) is 24.5. The lowest BCUT2D eigenvalue weighted by Crippen LogP contribution is -2.45. The molecule has 0 aromatic heterocycles. The number of hydrogen-bond donors (Lipinski definition) is 5. The Hall–Kier alpha value is 0.190. The lowest BCUT2D eigenvalue weighted by atomic mass is 9.60. The third-order valence-electron chi connectivity index (χ3n) is 7.78. The van der Waals surface area contributed by atoms with E-state index in [2.05, 4.69) is 6.92 Å². The molecule has 0 radical (unpaired) electrons. The van der Waals surface area contributed by atoms with Gasteiger partial charge in [-0.1, -0.05) is 19.8 Å². The molecule has 0 saturated heterocycles. The molecule has 0 amide bonds. The van der Waals surface area contributed by atoms with Gasteiger partial charge in [-0.05, 0) is 95.8 Å². The summed E-state index contributed by atoms with van der Waals surface area (Å²) in [6.07, 6.45) is 7.38. The zero-order valence-electron chi connectivity index (χ0n) is 18.6. The predicted octanol–water partition coefficient (Wildman–Crippen LogP) is 3.94. The second-order valence-corrected chi connectivity index (χ2v) is 11.8. The van der Waals surface area contributed by atoms with Gasteiger partial charge < -0.3 is 20.4 Å². The third kappa shape index (κ3) is 5.87. The topological polar surface area (TPSA) is 80.9 Å². The molecule has 5 heteroatoms. The molecule has 2 aliphatic rings. The molecular formula is C23H44O4S. The lowest BCUT2D eigenvalue weighted by Gasteiger charge is -2.47. The van der Waals surface area contributed by atoms with E-state index in [1.165, 1.54) is 0 Å². The van der Waals surface area contributed by atoms with Gasteiger partial charge in [-0.15, -0.1) is 0 Å². The lowest BCUT2D eigenvalue weighted by molar-refractivity contribution is -0.0584. The molecule has 2 rings (SSSR count). The number of hydrogen-bond acceptors (Lipinski definition) is 5. The fourth-order valence-electron chi connectivity index (χ4n) is 6.02. The molecule has 4 N–H and O–H groups in total. The van der Waals surface area contributed by atoms with Crippen LogP contribution in [0, 0.1) is 23.2 Å². The van der Waals surface area contributed by atoms with Crippen molar-refractivity contribution in [3.05, 3.63) is 0 Å². The average molecular weight is 417 g/mol. The summed E-state index contributed by atoms with van der Waals surface area (Å²) >= 11 is 4.94. The van der Waals surface area contributed by atoms with E-state index in [4.69, 9.17) is 12.6 Å². The van der Waals surface area contributed by atoms with Crippen molar-refractivity contribution in [2.75, 3.05) is 0 Å². The molecule has 0 aliphatic heterocycles. The number of aliphatic hydroxyl groups excluding tert-OH is 2. The molecule has 2 aliphatic carbocycles. The highest BCUT2D eigenvalue weighted by Crippen LogP contribution is 2.59. The van der Waals surface area contributed by atoms with Crippen LogP contribution in [0.3, 0.4) is 0 Å². The monoisotopic (exact) mass is 416 g/mol. The van der Waals surface area contributed by atoms with Crippen molar-refractivity contribution in [3.8, 4) is 0 Å². The fraction of sp³-hybridized carbons (Fsp3) is 1.00. The van der Waals surface area contributed by atoms with Crippen molar-refractivity contribution < 1.29 is 20.4 Å². The van der Waals surface area contributed by atoms with Crippen LogP contribution in [0.2, 0.25) is 0 Å². The molecule has 2 saturated carbocycles. The van der Waals surface area contributed by atoms with Crippen LogP contribution < -0.4 is 0 Å². The summed E-state index contributed by atoms with van der Waals surface area (Å²) in [6.45, 7) is 9.34. The van der Waals surface area contributed by atoms with Gasteiger partial charge in [-0.3, -0.25) is 0 Å². The fourth-order valence-corrected chi connectivity index (χ4v) is 6.57. The van der Waals surface area contributed by atoms with E-state index in [9.17, 15) is 20.4 Å². The number of rotatable bonds is 9. The second-order valence-electron chi connectivity index (χ2n) is 11.1. The number of aliphatic hydroxyl groups is 4. The van der Waals surface area contributed by atoms with Crippen LogP contribution in [0.5, 0.6) is 0 Å². The molecule has 0 aromatic rings. The molecule has 0 heterocycles. The van der Waals surface area contributed by atoms with Crippen molar-refractivity contribution in [2.24, 2.45) is 23.2 Å². The highest BCUT2D eigenvalue weighted by molar-refractivity contribution is 7.81. The van der Waals surface area contributed by atoms with Crippen molar-refractivity contribution in [1.82, 2.24) is 0 Å². The molecule has 28 heavy (non-hydrogen) atoms. The van der Waals surface area contributed by atoms with Gasteiger partial charge >= 0.3 is 0 Å². The Morgan fingerprint density at radius 3 is 2.32 bits per heavy atom. The minimum atomic E-state index is -1.14. The molecule has 0 bridgehead atoms. The quantitative estimate of drug-likeness (QED) is 0.369. The Morgan fingerprint density at radius 1 is 1.11 bits per heavy atom. The Balaban J connectivity index is 2.17. The summed E-state index contributed by atoms with van der Waals surface area (Å²) in [5.74, 6) is 1.14. The van der Waals surface area contributed by atoms with Crippen LogP contribution in [0.15, 0.2) is 0 Å². The molecule has 0 spiro atoms. The predicted molar refractivity (Wildman–Crippen MR) is 118 cm³/mol. The van der Waals surface area contributed by atoms with Gasteiger partial charge in [0.05, 0.1) is 23.4 Å². The van der Waals surface area contributed by atoms with Crippen LogP contribution in [0.1, 0.15) is 92.4 Å². The molecule has 0 aromatic carbocycles. The zero-order chi connectivity index (χ0) is 21.3. The SMILES string of the molecule is CC(C)(O)CCCC(C(S)CC(O)C(C)(C)O)[C@H]1CCC2[C@@H](O)CCC[C@@]21C. The maximum Gasteiger partial charge on any atom is 0.0850 e. The minimum Gasteiger partial charge on any atom is -0.393 e. The van der Waals surface area contributed by atoms with Gasteiger partial charge in [0.2, 0.25) is 0 Å². The van der Waals surface area contributed by atoms with Gasteiger partial charge in [-0.25, -0.2) is 0 Å². The molecule has 7 atom stereocenters. The smallest absolute Gasteiger partial charge is 0.0850 e. The van der Waals surface area contributed by atoms with Crippen LogP contribution >= 0.6 is 12.6 Å². The molecular weight excluding hydrogens is 372 g/mol. The summed E-state index contributed by atoms with van der Waals surface area (Å²) in [5, 5.41) is 41.4. The van der Waals surface area contributed by atoms with Gasteiger partial charge in [0.15, 0.2) is 0 Å². The number of fused-ring (bicyclic) bond motifs is 1. The van der Waals surface area contributed by atoms with E-state index in [0.29, 0.717) is 24.2 Å². The van der Waals surface area contributed by atoms with Crippen LogP contribution in [-0.4, -0.2) is 49.1 Å². The van der Waals surface area contributed by atoms with Gasteiger partial charge in [0.25, 0.3) is 0 Å². The maximum absolute atomic E-state index is 10.6. The summed E-state index contributed by atoms with van der Waals surface area (Å²) in [7, 11) is 0. The highest BCUT2D eigenvalue weighted by atomic mass is 32.1. The van der Waals surface area contributed by atoms with Gasteiger partial charge in [0, 0.05) is 5.25 Å². The largest absolute Gasteiger partial charge is 0.393 e. The van der Waals surface area contributed by atoms with E-state index in [1.54, 1.807) is 13.8 Å². The summed E-state index contributed by atoms with van der Waals surface area (Å²) in [6, 6.07) is 0. The standard InChI is InChI=1S/C23H44O4S/c1-21(2,26)12-6-8-15(19(28)14-20(25)22(3,4)27)16-10-11-17-18(24)9-7-13-23(16,17)5/h15-20,24-28H,6-14H2,1-5H3/t15?,16-,17?,18+,19?,20?,23-/m1/s1. The van der Waals surface area contributed by atoms with Crippen LogP contribution in [-0.2, 0) is 0 Å². The first-order valence-electron chi connectivity index (χ1n) is 11.2. The van der Waals surface area contributed by atoms with E-state index >= 15 is 0 Å². The van der Waals surface area contributed by atoms with E-state index in [-0.39, 0.29) is 16.8 Å². The van der Waals surface area contributed by atoms with Gasteiger partial charge in [0.1, 0.15) is 0 Å². The summed E-state index contributed by atoms with van der Waals surface area (Å²) in [5.41, 5.74) is -1.69. The van der Waals surface area contributed by atoms with E-state index in [1.807, 2.05) is 13.8 Å². The van der Waals surface area contributed by atoms with Crippen molar-refractivity contribution >= 4 is 12.6 Å². The Bertz CT molecular complexity index is 498. The first-order chi connectivity index (χ1) is 12.8. The van der Waals surface area contributed by atoms with E-state index < -0.39 is 17.3 Å². The average Bonchev–Trinajstić information content (AvgIpc) is 2.88. The summed E-state index contributed by atoms with van der Waals surface area (Å²) < 4.78 is 0. The Labute approximate surface area is 177 Å². The summed E-state index contributed by atoms with van der Waals surface area (Å²) in [4.78, 5) is 0. The minimum absolute atomic E-state index is 0.0112. The van der Waals surface area contributed by atoms with E-state index in [0.717, 1.165) is 51.4 Å². The molecule has 4 unspecified atom stereocenters. The van der Waals surface area contributed by atoms with Gasteiger partial charge in [-0.2, -0.15) is 12.6 Å².